The summed E-state index contributed by atoms with van der Waals surface area (Å²) >= 11 is 5.91. The van der Waals surface area contributed by atoms with Gasteiger partial charge in [0.15, 0.2) is 0 Å². The molecule has 0 spiro atoms. The molecule has 0 saturated heterocycles. The predicted octanol–water partition coefficient (Wildman–Crippen LogP) is 2.41. The van der Waals surface area contributed by atoms with Crippen LogP contribution >= 0.6 is 31.9 Å². The zero-order valence-corrected chi connectivity index (χ0v) is 14.2. The van der Waals surface area contributed by atoms with Crippen LogP contribution in [0.1, 0.15) is 17.3 Å². The number of esters is 1. The lowest BCUT2D eigenvalue weighted by atomic mass is 10.2. The van der Waals surface area contributed by atoms with E-state index < -0.39 is 27.5 Å². The number of ether oxygens (including phenoxy) is 1. The zero-order valence-electron chi connectivity index (χ0n) is 11.0. The SMILES string of the molecule is CCOC(=O)c1ccc(NC(=O)C(Br)C(Br)C(=O)O)cc1. The van der Waals surface area contributed by atoms with Gasteiger partial charge in [0.2, 0.25) is 5.91 Å². The lowest BCUT2D eigenvalue weighted by Crippen LogP contribution is -2.34. The lowest BCUT2D eigenvalue weighted by molar-refractivity contribution is -0.137. The van der Waals surface area contributed by atoms with Crippen LogP contribution in [0.4, 0.5) is 5.69 Å². The number of alkyl halides is 2. The van der Waals surface area contributed by atoms with E-state index in [9.17, 15) is 14.4 Å². The second-order valence-corrected chi connectivity index (χ2v) is 5.90. The average Bonchev–Trinajstić information content (AvgIpc) is 2.46. The number of rotatable bonds is 6. The van der Waals surface area contributed by atoms with Gasteiger partial charge in [-0.15, -0.1) is 0 Å². The Morgan fingerprint density at radius 3 is 2.24 bits per heavy atom. The second-order valence-electron chi connectivity index (χ2n) is 3.93. The number of carboxylic acid groups (broad SMARTS) is 1. The first-order chi connectivity index (χ1) is 9.86. The van der Waals surface area contributed by atoms with Gasteiger partial charge in [-0.25, -0.2) is 4.79 Å². The normalized spacial score (nSPS) is 13.1. The summed E-state index contributed by atoms with van der Waals surface area (Å²) in [7, 11) is 0. The molecular weight excluding hydrogens is 410 g/mol. The molecule has 0 aliphatic carbocycles. The predicted molar refractivity (Wildman–Crippen MR) is 84.1 cm³/mol. The number of hydrogen-bond acceptors (Lipinski definition) is 4. The first-order valence-corrected chi connectivity index (χ1v) is 7.79. The molecule has 1 rings (SSSR count). The lowest BCUT2D eigenvalue weighted by Gasteiger charge is -2.13. The molecular formula is C13H13Br2NO5. The Bertz CT molecular complexity index is 532. The number of hydrogen-bond donors (Lipinski definition) is 2. The molecule has 6 nitrogen and oxygen atoms in total. The van der Waals surface area contributed by atoms with Crippen LogP contribution in [-0.2, 0) is 14.3 Å². The maximum atomic E-state index is 11.8. The van der Waals surface area contributed by atoms with E-state index in [0.29, 0.717) is 11.3 Å². The maximum absolute atomic E-state index is 11.8. The minimum Gasteiger partial charge on any atom is -0.480 e. The van der Waals surface area contributed by atoms with Crippen molar-refractivity contribution >= 4 is 55.4 Å². The van der Waals surface area contributed by atoms with Crippen LogP contribution in [-0.4, -0.2) is 39.2 Å². The monoisotopic (exact) mass is 421 g/mol. The minimum absolute atomic E-state index is 0.282. The molecule has 114 valence electrons. The average molecular weight is 423 g/mol. The molecule has 0 aromatic heterocycles. The van der Waals surface area contributed by atoms with Crippen LogP contribution in [0, 0.1) is 0 Å². The topological polar surface area (TPSA) is 92.7 Å². The molecule has 2 unspecified atom stereocenters. The molecule has 0 bridgehead atoms. The van der Waals surface area contributed by atoms with Gasteiger partial charge in [-0.05, 0) is 31.2 Å². The van der Waals surface area contributed by atoms with E-state index in [4.69, 9.17) is 9.84 Å². The summed E-state index contributed by atoms with van der Waals surface area (Å²) in [5, 5.41) is 11.4. The van der Waals surface area contributed by atoms with Crippen LogP contribution in [0.25, 0.3) is 0 Å². The summed E-state index contributed by atoms with van der Waals surface area (Å²) in [6, 6.07) is 6.10. The van der Waals surface area contributed by atoms with E-state index in [1.54, 1.807) is 6.92 Å². The molecule has 1 aromatic carbocycles. The van der Waals surface area contributed by atoms with Gasteiger partial charge in [0.25, 0.3) is 0 Å². The van der Waals surface area contributed by atoms with E-state index >= 15 is 0 Å². The van der Waals surface area contributed by atoms with Crippen LogP contribution in [0.15, 0.2) is 24.3 Å². The Morgan fingerprint density at radius 1 is 1.19 bits per heavy atom. The number of carbonyl (C=O) groups excluding carboxylic acids is 2. The van der Waals surface area contributed by atoms with Gasteiger partial charge in [0.1, 0.15) is 9.65 Å². The summed E-state index contributed by atoms with van der Waals surface area (Å²) in [6.45, 7) is 1.99. The quantitative estimate of drug-likeness (QED) is 0.542. The molecule has 2 atom stereocenters. The third-order valence-corrected chi connectivity index (χ3v) is 4.98. The third kappa shape index (κ3) is 5.13. The number of nitrogens with one attached hydrogen (secondary N) is 1. The van der Waals surface area contributed by atoms with E-state index in [2.05, 4.69) is 37.2 Å². The highest BCUT2D eigenvalue weighted by molar-refractivity contribution is 9.12. The maximum Gasteiger partial charge on any atom is 0.338 e. The molecule has 1 aromatic rings. The van der Waals surface area contributed by atoms with E-state index in [-0.39, 0.29) is 6.61 Å². The fourth-order valence-electron chi connectivity index (χ4n) is 1.37. The van der Waals surface area contributed by atoms with Gasteiger partial charge in [-0.2, -0.15) is 0 Å². The van der Waals surface area contributed by atoms with Gasteiger partial charge < -0.3 is 15.2 Å². The number of amides is 1. The van der Waals surface area contributed by atoms with Crippen molar-refractivity contribution < 1.29 is 24.2 Å². The first kappa shape index (κ1) is 17.6. The van der Waals surface area contributed by atoms with Gasteiger partial charge in [0.05, 0.1) is 12.2 Å². The smallest absolute Gasteiger partial charge is 0.338 e. The Labute approximate surface area is 138 Å². The van der Waals surface area contributed by atoms with Crippen molar-refractivity contribution in [2.24, 2.45) is 0 Å². The van der Waals surface area contributed by atoms with Crippen LogP contribution in [0.5, 0.6) is 0 Å². The van der Waals surface area contributed by atoms with E-state index in [1.165, 1.54) is 24.3 Å². The van der Waals surface area contributed by atoms with Crippen molar-refractivity contribution in [2.45, 2.75) is 16.6 Å². The highest BCUT2D eigenvalue weighted by Crippen LogP contribution is 2.18. The molecule has 0 aliphatic rings. The number of anilines is 1. The Balaban J connectivity index is 2.69. The summed E-state index contributed by atoms with van der Waals surface area (Å²) in [6.07, 6.45) is 0. The van der Waals surface area contributed by atoms with Crippen LogP contribution < -0.4 is 5.32 Å². The molecule has 0 heterocycles. The van der Waals surface area contributed by atoms with Gasteiger partial charge in [-0.3, -0.25) is 9.59 Å². The summed E-state index contributed by atoms with van der Waals surface area (Å²) in [4.78, 5) is 32.1. The number of aliphatic carboxylic acids is 1. The first-order valence-electron chi connectivity index (χ1n) is 5.95. The fourth-order valence-corrected chi connectivity index (χ4v) is 1.95. The highest BCUT2D eigenvalue weighted by atomic mass is 79.9. The number of halogens is 2. The molecule has 0 radical (unpaired) electrons. The standard InChI is InChI=1S/C13H13Br2NO5/c1-2-21-13(20)7-3-5-8(6-4-7)16-11(17)9(14)10(15)12(18)19/h3-6,9-10H,2H2,1H3,(H,16,17)(H,18,19). The summed E-state index contributed by atoms with van der Waals surface area (Å²) in [5.41, 5.74) is 0.816. The molecule has 0 saturated carbocycles. The molecule has 21 heavy (non-hydrogen) atoms. The number of carboxylic acids is 1. The zero-order chi connectivity index (χ0) is 16.0. The van der Waals surface area contributed by atoms with Crippen molar-refractivity contribution in [3.05, 3.63) is 29.8 Å². The summed E-state index contributed by atoms with van der Waals surface area (Å²) in [5.74, 6) is -2.10. The Hall–Kier alpha value is -1.41. The van der Waals surface area contributed by atoms with Gasteiger partial charge >= 0.3 is 11.9 Å². The van der Waals surface area contributed by atoms with E-state index in [0.717, 1.165) is 0 Å². The molecule has 8 heteroatoms. The number of benzene rings is 1. The van der Waals surface area contributed by atoms with Crippen LogP contribution in [0.2, 0.25) is 0 Å². The minimum atomic E-state index is -1.15. The molecule has 1 amide bonds. The van der Waals surface area contributed by atoms with Crippen LogP contribution in [0.3, 0.4) is 0 Å². The number of carbonyl (C=O) groups is 3. The van der Waals surface area contributed by atoms with Gasteiger partial charge in [0, 0.05) is 5.69 Å². The third-order valence-electron chi connectivity index (χ3n) is 2.41. The van der Waals surface area contributed by atoms with Crippen molar-refractivity contribution in [3.8, 4) is 0 Å². The van der Waals surface area contributed by atoms with Crippen molar-refractivity contribution in [1.82, 2.24) is 0 Å². The van der Waals surface area contributed by atoms with Gasteiger partial charge in [-0.1, -0.05) is 31.9 Å². The summed E-state index contributed by atoms with van der Waals surface area (Å²) < 4.78 is 4.84. The highest BCUT2D eigenvalue weighted by Gasteiger charge is 2.29. The van der Waals surface area contributed by atoms with E-state index in [1.807, 2.05) is 0 Å². The molecule has 2 N–H and O–H groups in total. The molecule has 0 aliphatic heterocycles. The Morgan fingerprint density at radius 2 is 1.76 bits per heavy atom. The Kier molecular flexibility index (Phi) is 6.83. The second kappa shape index (κ2) is 8.14. The fraction of sp³-hybridized carbons (Fsp3) is 0.308. The largest absolute Gasteiger partial charge is 0.480 e. The molecule has 0 fully saturated rings. The van der Waals surface area contributed by atoms with Crippen molar-refractivity contribution in [1.29, 1.82) is 0 Å². The van der Waals surface area contributed by atoms with Crippen molar-refractivity contribution in [3.63, 3.8) is 0 Å². The van der Waals surface area contributed by atoms with Crippen molar-refractivity contribution in [2.75, 3.05) is 11.9 Å².